The van der Waals surface area contributed by atoms with E-state index in [0.29, 0.717) is 13.0 Å². The lowest BCUT2D eigenvalue weighted by atomic mass is 9.69. The number of benzene rings is 1. The first-order chi connectivity index (χ1) is 14.1. The van der Waals surface area contributed by atoms with Gasteiger partial charge in [-0.15, -0.1) is 0 Å². The molecule has 1 aromatic rings. The van der Waals surface area contributed by atoms with E-state index in [1.54, 1.807) is 9.80 Å². The number of carbonyl (C=O) groups excluding carboxylic acids is 3. The Morgan fingerprint density at radius 1 is 1.10 bits per heavy atom. The number of rotatable bonds is 2. The lowest BCUT2D eigenvalue weighted by molar-refractivity contribution is -0.120. The van der Waals surface area contributed by atoms with Crippen LogP contribution in [0.5, 0.6) is 0 Å². The molecule has 1 aliphatic carbocycles. The molecule has 7 heteroatoms. The first-order valence-corrected chi connectivity index (χ1v) is 10.5. The van der Waals surface area contributed by atoms with Crippen LogP contribution in [-0.4, -0.2) is 48.2 Å². The molecule has 4 amide bonds. The summed E-state index contributed by atoms with van der Waals surface area (Å²) in [7, 11) is 0. The molecule has 0 aromatic heterocycles. The summed E-state index contributed by atoms with van der Waals surface area (Å²) in [5.41, 5.74) is 2.98. The molecule has 2 aliphatic heterocycles. The van der Waals surface area contributed by atoms with Gasteiger partial charge in [0, 0.05) is 37.2 Å². The molecule has 0 unspecified atom stereocenters. The van der Waals surface area contributed by atoms with Gasteiger partial charge in [-0.25, -0.2) is 9.59 Å². The summed E-state index contributed by atoms with van der Waals surface area (Å²) in [6.07, 6.45) is 5.37. The van der Waals surface area contributed by atoms with Crippen LogP contribution in [0.3, 0.4) is 0 Å². The van der Waals surface area contributed by atoms with Crippen molar-refractivity contribution in [3.8, 4) is 0 Å². The van der Waals surface area contributed by atoms with E-state index in [1.165, 1.54) is 5.57 Å². The third kappa shape index (κ3) is 4.20. The number of hydrogen-bond donors (Lipinski definition) is 1. The Balaban J connectivity index is 1.35. The molecule has 0 saturated carbocycles. The van der Waals surface area contributed by atoms with Crippen LogP contribution in [0.2, 0.25) is 0 Å². The van der Waals surface area contributed by atoms with E-state index in [-0.39, 0.29) is 23.4 Å². The molecule has 2 fully saturated rings. The summed E-state index contributed by atoms with van der Waals surface area (Å²) in [4.78, 5) is 38.9. The van der Waals surface area contributed by atoms with E-state index in [9.17, 15) is 14.4 Å². The molecule has 1 aromatic carbocycles. The highest BCUT2D eigenvalue weighted by molar-refractivity contribution is 6.05. The van der Waals surface area contributed by atoms with Gasteiger partial charge in [0.25, 0.3) is 0 Å². The van der Waals surface area contributed by atoms with Crippen molar-refractivity contribution in [3.63, 3.8) is 0 Å². The van der Waals surface area contributed by atoms with E-state index in [2.05, 4.69) is 11.4 Å². The van der Waals surface area contributed by atoms with E-state index >= 15 is 0 Å². The lowest BCUT2D eigenvalue weighted by Crippen LogP contribution is -2.59. The molecule has 7 nitrogen and oxygen atoms in total. The van der Waals surface area contributed by atoms with Crippen molar-refractivity contribution < 1.29 is 19.1 Å². The van der Waals surface area contributed by atoms with Crippen LogP contribution in [-0.2, 0) is 9.53 Å². The smallest absolute Gasteiger partial charge is 0.410 e. The number of likely N-dealkylation sites (tertiary alicyclic amines) is 1. The summed E-state index contributed by atoms with van der Waals surface area (Å²) < 4.78 is 5.46. The standard InChI is InChI=1S/C23H29N3O4/c1-22(2,3)30-21(29)25-14-23(15-25)11-8-17(9-12-23)16-4-6-18(7-5-16)26-13-10-19(27)24-20(26)28/h4-8H,9-15H2,1-3H3,(H,24,27,28). The number of imide groups is 1. The topological polar surface area (TPSA) is 79.0 Å². The van der Waals surface area contributed by atoms with Crippen LogP contribution >= 0.6 is 0 Å². The second-order valence-corrected chi connectivity index (χ2v) is 9.57. The summed E-state index contributed by atoms with van der Waals surface area (Å²) in [6.45, 7) is 7.58. The van der Waals surface area contributed by atoms with E-state index in [0.717, 1.165) is 43.6 Å². The highest BCUT2D eigenvalue weighted by atomic mass is 16.6. The minimum Gasteiger partial charge on any atom is -0.444 e. The number of anilines is 1. The van der Waals surface area contributed by atoms with Crippen LogP contribution in [0.4, 0.5) is 15.3 Å². The van der Waals surface area contributed by atoms with E-state index < -0.39 is 5.60 Å². The number of hydrogen-bond acceptors (Lipinski definition) is 4. The van der Waals surface area contributed by atoms with Crippen LogP contribution < -0.4 is 10.2 Å². The minimum atomic E-state index is -0.462. The van der Waals surface area contributed by atoms with Crippen molar-refractivity contribution in [1.29, 1.82) is 0 Å². The van der Waals surface area contributed by atoms with Gasteiger partial charge in [-0.2, -0.15) is 0 Å². The zero-order valence-corrected chi connectivity index (χ0v) is 17.9. The average molecular weight is 412 g/mol. The van der Waals surface area contributed by atoms with Gasteiger partial charge in [0.1, 0.15) is 5.60 Å². The molecule has 160 valence electrons. The molecule has 0 radical (unpaired) electrons. The molecule has 1 N–H and O–H groups in total. The molecule has 2 heterocycles. The average Bonchev–Trinajstić information content (AvgIpc) is 2.65. The second-order valence-electron chi connectivity index (χ2n) is 9.57. The Kier molecular flexibility index (Phi) is 5.08. The van der Waals surface area contributed by atoms with Gasteiger partial charge >= 0.3 is 12.1 Å². The molecule has 0 atom stereocenters. The second kappa shape index (κ2) is 7.45. The highest BCUT2D eigenvalue weighted by Gasteiger charge is 2.46. The fraction of sp³-hybridized carbons (Fsp3) is 0.522. The van der Waals surface area contributed by atoms with E-state index in [4.69, 9.17) is 4.74 Å². The number of nitrogens with zero attached hydrogens (tertiary/aromatic N) is 2. The zero-order valence-electron chi connectivity index (χ0n) is 17.9. The first-order valence-electron chi connectivity index (χ1n) is 10.5. The van der Waals surface area contributed by atoms with Crippen molar-refractivity contribution in [2.24, 2.45) is 5.41 Å². The third-order valence-electron chi connectivity index (χ3n) is 6.01. The maximum absolute atomic E-state index is 12.2. The fourth-order valence-electron chi connectivity index (χ4n) is 4.38. The van der Waals surface area contributed by atoms with E-state index in [1.807, 2.05) is 45.0 Å². The Bertz CT molecular complexity index is 892. The predicted octanol–water partition coefficient (Wildman–Crippen LogP) is 3.94. The molecule has 30 heavy (non-hydrogen) atoms. The number of ether oxygens (including phenoxy) is 1. The van der Waals surface area contributed by atoms with Crippen molar-refractivity contribution in [3.05, 3.63) is 35.9 Å². The first kappa shape index (κ1) is 20.4. The number of allylic oxidation sites excluding steroid dienone is 2. The maximum atomic E-state index is 12.2. The largest absolute Gasteiger partial charge is 0.444 e. The summed E-state index contributed by atoms with van der Waals surface area (Å²) in [6, 6.07) is 7.58. The number of urea groups is 1. The van der Waals surface area contributed by atoms with Crippen LogP contribution in [0.15, 0.2) is 30.3 Å². The summed E-state index contributed by atoms with van der Waals surface area (Å²) in [5, 5.41) is 2.35. The fourth-order valence-corrected chi connectivity index (χ4v) is 4.38. The minimum absolute atomic E-state index is 0.179. The molecule has 1 spiro atoms. The molecular formula is C23H29N3O4. The summed E-state index contributed by atoms with van der Waals surface area (Å²) >= 11 is 0. The highest BCUT2D eigenvalue weighted by Crippen LogP contribution is 2.45. The van der Waals surface area contributed by atoms with Gasteiger partial charge < -0.3 is 9.64 Å². The Morgan fingerprint density at radius 2 is 1.80 bits per heavy atom. The van der Waals surface area contributed by atoms with Gasteiger partial charge in [-0.1, -0.05) is 18.2 Å². The van der Waals surface area contributed by atoms with Crippen LogP contribution in [0, 0.1) is 5.41 Å². The third-order valence-corrected chi connectivity index (χ3v) is 6.01. The Morgan fingerprint density at radius 3 is 2.37 bits per heavy atom. The quantitative estimate of drug-likeness (QED) is 0.800. The zero-order chi connectivity index (χ0) is 21.5. The summed E-state index contributed by atoms with van der Waals surface area (Å²) in [5.74, 6) is -0.226. The molecular weight excluding hydrogens is 382 g/mol. The molecule has 3 aliphatic rings. The normalized spacial score (nSPS) is 21.1. The van der Waals surface area contributed by atoms with Crippen molar-refractivity contribution in [2.75, 3.05) is 24.5 Å². The lowest BCUT2D eigenvalue weighted by Gasteiger charge is -2.51. The van der Waals surface area contributed by atoms with Gasteiger partial charge in [0.05, 0.1) is 0 Å². The SMILES string of the molecule is CC(C)(C)OC(=O)N1CC2(CC=C(c3ccc(N4CCC(=O)NC4=O)cc3)CC2)C1. The van der Waals surface area contributed by atoms with Gasteiger partial charge in [-0.05, 0) is 63.3 Å². The Labute approximate surface area is 177 Å². The van der Waals surface area contributed by atoms with Crippen molar-refractivity contribution in [2.45, 2.75) is 52.1 Å². The predicted molar refractivity (Wildman–Crippen MR) is 114 cm³/mol. The van der Waals surface area contributed by atoms with Crippen molar-refractivity contribution >= 4 is 29.3 Å². The van der Waals surface area contributed by atoms with Crippen LogP contribution in [0.25, 0.3) is 5.57 Å². The van der Waals surface area contributed by atoms with Crippen LogP contribution in [0.1, 0.15) is 52.0 Å². The molecule has 0 bridgehead atoms. The Hall–Kier alpha value is -2.83. The number of carbonyl (C=O) groups is 3. The monoisotopic (exact) mass is 411 g/mol. The molecule has 2 saturated heterocycles. The van der Waals surface area contributed by atoms with Crippen molar-refractivity contribution in [1.82, 2.24) is 10.2 Å². The number of nitrogens with one attached hydrogen (secondary N) is 1. The molecule has 4 rings (SSSR count). The van der Waals surface area contributed by atoms with Gasteiger partial charge in [-0.3, -0.25) is 15.0 Å². The van der Waals surface area contributed by atoms with Gasteiger partial charge in [0.15, 0.2) is 0 Å². The van der Waals surface area contributed by atoms with Gasteiger partial charge in [0.2, 0.25) is 5.91 Å². The maximum Gasteiger partial charge on any atom is 0.410 e. The number of amides is 4.